The zero-order valence-corrected chi connectivity index (χ0v) is 10.4. The summed E-state index contributed by atoms with van der Waals surface area (Å²) in [6.45, 7) is 7.32. The number of anilines is 1. The first-order chi connectivity index (χ1) is 8.13. The minimum atomic E-state index is -0.214. The Labute approximate surface area is 101 Å². The lowest BCUT2D eigenvalue weighted by atomic mass is 10.2. The van der Waals surface area contributed by atoms with E-state index in [4.69, 9.17) is 4.74 Å². The van der Waals surface area contributed by atoms with Crippen LogP contribution in [0.4, 0.5) is 5.82 Å². The normalized spacial score (nSPS) is 14.9. The zero-order chi connectivity index (χ0) is 12.4. The lowest BCUT2D eigenvalue weighted by Gasteiger charge is -2.30. The van der Waals surface area contributed by atoms with Gasteiger partial charge in [-0.1, -0.05) is 0 Å². The van der Waals surface area contributed by atoms with Crippen LogP contribution < -0.4 is 4.90 Å². The van der Waals surface area contributed by atoms with Crippen LogP contribution in [0.25, 0.3) is 0 Å². The number of carbonyl (C=O) groups excluding carboxylic acids is 1. The van der Waals surface area contributed by atoms with Crippen LogP contribution in [-0.2, 0) is 16.1 Å². The van der Waals surface area contributed by atoms with Crippen LogP contribution in [0.1, 0.15) is 20.8 Å². The van der Waals surface area contributed by atoms with Crippen molar-refractivity contribution in [2.45, 2.75) is 27.3 Å². The third-order valence-corrected chi connectivity index (χ3v) is 2.97. The number of ether oxygens (including phenoxy) is 1. The van der Waals surface area contributed by atoms with E-state index in [2.05, 4.69) is 12.0 Å². The third kappa shape index (κ3) is 2.18. The minimum absolute atomic E-state index is 0.214. The van der Waals surface area contributed by atoms with Crippen molar-refractivity contribution in [1.29, 1.82) is 0 Å². The second kappa shape index (κ2) is 4.61. The van der Waals surface area contributed by atoms with E-state index in [1.54, 1.807) is 6.20 Å². The molecule has 0 unspecified atom stereocenters. The molecule has 5 heteroatoms. The van der Waals surface area contributed by atoms with Gasteiger partial charge in [0.05, 0.1) is 19.3 Å². The van der Waals surface area contributed by atoms with E-state index in [9.17, 15) is 4.79 Å². The lowest BCUT2D eigenvalue weighted by molar-refractivity contribution is -0.141. The Morgan fingerprint density at radius 3 is 3.00 bits per heavy atom. The highest BCUT2D eigenvalue weighted by molar-refractivity contribution is 5.77. The van der Waals surface area contributed by atoms with Gasteiger partial charge in [0.2, 0.25) is 0 Å². The number of aromatic nitrogens is 2. The summed E-state index contributed by atoms with van der Waals surface area (Å²) in [5.74, 6) is 0.732. The lowest BCUT2D eigenvalue weighted by Crippen LogP contribution is -2.35. The van der Waals surface area contributed by atoms with Crippen LogP contribution in [0.5, 0.6) is 0 Å². The van der Waals surface area contributed by atoms with E-state index in [1.165, 1.54) is 5.57 Å². The molecule has 0 amide bonds. The van der Waals surface area contributed by atoms with Gasteiger partial charge in [0, 0.05) is 11.8 Å². The molecule has 0 saturated heterocycles. The maximum Gasteiger partial charge on any atom is 0.326 e. The van der Waals surface area contributed by atoms with Crippen molar-refractivity contribution >= 4 is 11.8 Å². The molecule has 0 radical (unpaired) electrons. The Morgan fingerprint density at radius 2 is 2.29 bits per heavy atom. The minimum Gasteiger partial charge on any atom is -0.465 e. The molecule has 0 aromatic carbocycles. The van der Waals surface area contributed by atoms with Gasteiger partial charge in [0.25, 0.3) is 0 Å². The molecule has 0 saturated carbocycles. The predicted molar refractivity (Wildman–Crippen MR) is 64.6 cm³/mol. The molecular weight excluding hydrogens is 218 g/mol. The van der Waals surface area contributed by atoms with Gasteiger partial charge in [-0.2, -0.15) is 5.10 Å². The molecule has 1 aliphatic rings. The molecule has 0 bridgehead atoms. The van der Waals surface area contributed by atoms with Crippen molar-refractivity contribution in [1.82, 2.24) is 9.78 Å². The maximum atomic E-state index is 11.6. The van der Waals surface area contributed by atoms with Gasteiger partial charge in [-0.3, -0.25) is 4.79 Å². The summed E-state index contributed by atoms with van der Waals surface area (Å²) in [4.78, 5) is 13.5. The summed E-state index contributed by atoms with van der Waals surface area (Å²) in [6.07, 6.45) is 1.75. The summed E-state index contributed by atoms with van der Waals surface area (Å²) >= 11 is 0. The number of fused-ring (bicyclic) bond motifs is 1. The van der Waals surface area contributed by atoms with E-state index in [1.807, 2.05) is 29.5 Å². The molecule has 0 spiro atoms. The Balaban J connectivity index is 2.24. The topological polar surface area (TPSA) is 47.4 Å². The second-order valence-electron chi connectivity index (χ2n) is 4.10. The van der Waals surface area contributed by atoms with Crippen LogP contribution in [0.15, 0.2) is 23.5 Å². The SMILES string of the molecule is CCOC(=O)CN1C(C)=C(C)Cn2nccc21. The average Bonchev–Trinajstić information content (AvgIpc) is 2.72. The summed E-state index contributed by atoms with van der Waals surface area (Å²) in [6, 6.07) is 1.91. The van der Waals surface area contributed by atoms with Gasteiger partial charge in [-0.25, -0.2) is 4.68 Å². The Bertz CT molecular complexity index is 462. The number of esters is 1. The molecule has 92 valence electrons. The molecule has 17 heavy (non-hydrogen) atoms. The largest absolute Gasteiger partial charge is 0.465 e. The van der Waals surface area contributed by atoms with Crippen LogP contribution >= 0.6 is 0 Å². The number of hydrogen-bond donors (Lipinski definition) is 0. The highest BCUT2D eigenvalue weighted by atomic mass is 16.5. The highest BCUT2D eigenvalue weighted by Gasteiger charge is 2.23. The number of rotatable bonds is 3. The Kier molecular flexibility index (Phi) is 3.17. The van der Waals surface area contributed by atoms with E-state index >= 15 is 0 Å². The van der Waals surface area contributed by atoms with Crippen molar-refractivity contribution < 1.29 is 9.53 Å². The fourth-order valence-corrected chi connectivity index (χ4v) is 1.95. The third-order valence-electron chi connectivity index (χ3n) is 2.97. The van der Waals surface area contributed by atoms with Crippen LogP contribution in [0.2, 0.25) is 0 Å². The van der Waals surface area contributed by atoms with Gasteiger partial charge in [-0.15, -0.1) is 0 Å². The van der Waals surface area contributed by atoms with Gasteiger partial charge in [-0.05, 0) is 26.3 Å². The van der Waals surface area contributed by atoms with Crippen LogP contribution in [0.3, 0.4) is 0 Å². The van der Waals surface area contributed by atoms with Gasteiger partial charge < -0.3 is 9.64 Å². The molecule has 0 atom stereocenters. The van der Waals surface area contributed by atoms with E-state index in [0.29, 0.717) is 6.61 Å². The van der Waals surface area contributed by atoms with Crippen molar-refractivity contribution in [3.8, 4) is 0 Å². The standard InChI is InChI=1S/C12H17N3O2/c1-4-17-12(16)8-14-10(3)9(2)7-15-11(14)5-6-13-15/h5-6H,4,7-8H2,1-3H3. The fourth-order valence-electron chi connectivity index (χ4n) is 1.95. The second-order valence-corrected chi connectivity index (χ2v) is 4.10. The molecule has 1 aliphatic heterocycles. The first kappa shape index (κ1) is 11.7. The van der Waals surface area contributed by atoms with Crippen LogP contribution in [-0.4, -0.2) is 28.9 Å². The highest BCUT2D eigenvalue weighted by Crippen LogP contribution is 2.26. The average molecular weight is 235 g/mol. The molecule has 0 fully saturated rings. The molecule has 5 nitrogen and oxygen atoms in total. The number of nitrogens with zero attached hydrogens (tertiary/aromatic N) is 3. The molecule has 1 aromatic heterocycles. The van der Waals surface area contributed by atoms with E-state index in [-0.39, 0.29) is 12.5 Å². The van der Waals surface area contributed by atoms with Crippen molar-refractivity contribution in [2.75, 3.05) is 18.1 Å². The number of hydrogen-bond acceptors (Lipinski definition) is 4. The predicted octanol–water partition coefficient (Wildman–Crippen LogP) is 1.56. The van der Waals surface area contributed by atoms with Crippen molar-refractivity contribution in [2.24, 2.45) is 0 Å². The Morgan fingerprint density at radius 1 is 1.53 bits per heavy atom. The van der Waals surface area contributed by atoms with Gasteiger partial charge in [0.15, 0.2) is 0 Å². The Hall–Kier alpha value is -1.78. The van der Waals surface area contributed by atoms with Crippen LogP contribution in [0, 0.1) is 0 Å². The zero-order valence-electron chi connectivity index (χ0n) is 10.4. The van der Waals surface area contributed by atoms with E-state index < -0.39 is 0 Å². The summed E-state index contributed by atoms with van der Waals surface area (Å²) < 4.78 is 6.88. The van der Waals surface area contributed by atoms with Crippen molar-refractivity contribution in [3.05, 3.63) is 23.5 Å². The smallest absolute Gasteiger partial charge is 0.326 e. The first-order valence-corrected chi connectivity index (χ1v) is 5.74. The quantitative estimate of drug-likeness (QED) is 0.746. The van der Waals surface area contributed by atoms with Crippen molar-refractivity contribution in [3.63, 3.8) is 0 Å². The number of allylic oxidation sites excluding steroid dienone is 2. The molecule has 1 aromatic rings. The summed E-state index contributed by atoms with van der Waals surface area (Å²) in [5.41, 5.74) is 2.32. The fraction of sp³-hybridized carbons (Fsp3) is 0.500. The van der Waals surface area contributed by atoms with Gasteiger partial charge in [0.1, 0.15) is 12.4 Å². The summed E-state index contributed by atoms with van der Waals surface area (Å²) in [5, 5.41) is 4.23. The first-order valence-electron chi connectivity index (χ1n) is 5.74. The number of carbonyl (C=O) groups is 1. The molecular formula is C12H17N3O2. The molecule has 2 rings (SSSR count). The molecule has 2 heterocycles. The summed E-state index contributed by atoms with van der Waals surface area (Å²) in [7, 11) is 0. The maximum absolute atomic E-state index is 11.6. The van der Waals surface area contributed by atoms with Gasteiger partial charge >= 0.3 is 5.97 Å². The molecule has 0 N–H and O–H groups in total. The molecule has 0 aliphatic carbocycles. The van der Waals surface area contributed by atoms with E-state index in [0.717, 1.165) is 18.1 Å². The monoisotopic (exact) mass is 235 g/mol.